The van der Waals surface area contributed by atoms with E-state index in [1.54, 1.807) is 18.2 Å². The molecule has 0 unspecified atom stereocenters. The molecule has 38 heavy (non-hydrogen) atoms. The second-order valence-electron chi connectivity index (χ2n) is 9.22. The van der Waals surface area contributed by atoms with Crippen LogP contribution in [-0.4, -0.2) is 49.9 Å². The van der Waals surface area contributed by atoms with Crippen molar-refractivity contribution < 1.29 is 19.1 Å². The minimum absolute atomic E-state index is 0.00917. The number of anilines is 2. The van der Waals surface area contributed by atoms with Crippen molar-refractivity contribution in [3.63, 3.8) is 0 Å². The lowest BCUT2D eigenvalue weighted by atomic mass is 9.99. The van der Waals surface area contributed by atoms with Crippen LogP contribution in [-0.2, 0) is 20.9 Å². The van der Waals surface area contributed by atoms with Gasteiger partial charge in [0.2, 0.25) is 5.91 Å². The zero-order chi connectivity index (χ0) is 27.1. The van der Waals surface area contributed by atoms with Gasteiger partial charge in [0.25, 0.3) is 5.91 Å². The van der Waals surface area contributed by atoms with Crippen molar-refractivity contribution in [2.45, 2.75) is 19.9 Å². The highest BCUT2D eigenvalue weighted by Gasteiger charge is 2.29. The van der Waals surface area contributed by atoms with E-state index < -0.39 is 5.97 Å². The number of fused-ring (bicyclic) bond motifs is 1. The molecule has 0 aliphatic carbocycles. The number of hydrogen-bond donors (Lipinski definition) is 3. The van der Waals surface area contributed by atoms with Crippen LogP contribution < -0.4 is 16.0 Å². The van der Waals surface area contributed by atoms with Gasteiger partial charge in [0, 0.05) is 31.3 Å². The Morgan fingerprint density at radius 2 is 1.71 bits per heavy atom. The molecule has 3 aromatic rings. The van der Waals surface area contributed by atoms with E-state index in [2.05, 4.69) is 40.0 Å². The van der Waals surface area contributed by atoms with Crippen molar-refractivity contribution in [2.75, 3.05) is 37.9 Å². The molecule has 1 aliphatic heterocycles. The first-order chi connectivity index (χ1) is 18.4. The van der Waals surface area contributed by atoms with Crippen molar-refractivity contribution in [1.29, 1.82) is 0 Å². The number of methoxy groups -OCH3 is 1. The Balaban J connectivity index is 1.56. The van der Waals surface area contributed by atoms with Crippen molar-refractivity contribution in [3.05, 3.63) is 95.1 Å². The third-order valence-corrected chi connectivity index (χ3v) is 6.26. The molecule has 0 spiro atoms. The molecule has 1 heterocycles. The lowest BCUT2D eigenvalue weighted by molar-refractivity contribution is -0.119. The summed E-state index contributed by atoms with van der Waals surface area (Å²) >= 11 is 0. The summed E-state index contributed by atoms with van der Waals surface area (Å²) in [4.78, 5) is 38.4. The molecule has 0 saturated carbocycles. The van der Waals surface area contributed by atoms with E-state index in [1.165, 1.54) is 14.0 Å². The largest absolute Gasteiger partial charge is 0.465 e. The Labute approximate surface area is 222 Å². The summed E-state index contributed by atoms with van der Waals surface area (Å²) in [6.07, 6.45) is 0.883. The first kappa shape index (κ1) is 26.6. The summed E-state index contributed by atoms with van der Waals surface area (Å²) < 4.78 is 4.82. The monoisotopic (exact) mass is 512 g/mol. The standard InChI is InChI=1S/C30H32N4O4/c1-20(35)31-16-7-17-34(2)19-21-10-13-24(14-11-21)32-28(22-8-5-4-6-9-22)27-25-15-12-23(30(37)38-3)18-26(25)33-29(27)36/h4-6,8-15,18,32H,7,16-17,19H2,1-3H3,(H,31,35)(H,33,36)/b28-27-. The molecule has 3 N–H and O–H groups in total. The quantitative estimate of drug-likeness (QED) is 0.212. The molecule has 0 aromatic heterocycles. The smallest absolute Gasteiger partial charge is 0.337 e. The zero-order valence-electron chi connectivity index (χ0n) is 21.8. The summed E-state index contributed by atoms with van der Waals surface area (Å²) in [5.74, 6) is -0.713. The first-order valence-corrected chi connectivity index (χ1v) is 12.5. The molecule has 1 aliphatic rings. The highest BCUT2D eigenvalue weighted by atomic mass is 16.5. The van der Waals surface area contributed by atoms with Gasteiger partial charge in [0.05, 0.1) is 29.6 Å². The van der Waals surface area contributed by atoms with Crippen LogP contribution >= 0.6 is 0 Å². The maximum absolute atomic E-state index is 13.2. The Hall–Kier alpha value is -4.43. The Morgan fingerprint density at radius 3 is 2.39 bits per heavy atom. The third-order valence-electron chi connectivity index (χ3n) is 6.26. The van der Waals surface area contributed by atoms with Gasteiger partial charge in [-0.25, -0.2) is 4.79 Å². The zero-order valence-corrected chi connectivity index (χ0v) is 21.8. The van der Waals surface area contributed by atoms with Gasteiger partial charge in [0.15, 0.2) is 0 Å². The second-order valence-corrected chi connectivity index (χ2v) is 9.22. The van der Waals surface area contributed by atoms with E-state index in [9.17, 15) is 14.4 Å². The molecule has 0 radical (unpaired) electrons. The van der Waals surface area contributed by atoms with Crippen LogP contribution in [0, 0.1) is 0 Å². The van der Waals surface area contributed by atoms with Gasteiger partial charge in [-0.05, 0) is 55.4 Å². The molecule has 0 saturated heterocycles. The molecular weight excluding hydrogens is 480 g/mol. The number of ether oxygens (including phenoxy) is 1. The van der Waals surface area contributed by atoms with Crippen LogP contribution in [0.4, 0.5) is 11.4 Å². The summed E-state index contributed by atoms with van der Waals surface area (Å²) in [6, 6.07) is 22.9. The topological polar surface area (TPSA) is 99.8 Å². The Kier molecular flexibility index (Phi) is 8.55. The molecule has 8 heteroatoms. The fourth-order valence-electron chi connectivity index (χ4n) is 4.39. The molecular formula is C30H32N4O4. The van der Waals surface area contributed by atoms with E-state index in [0.29, 0.717) is 34.6 Å². The fraction of sp³-hybridized carbons (Fsp3) is 0.233. The van der Waals surface area contributed by atoms with Crippen LogP contribution in [0.25, 0.3) is 11.3 Å². The number of amides is 2. The SMILES string of the molecule is COC(=O)c1ccc2c(c1)NC(=O)/C2=C(\Nc1ccc(CN(C)CCCNC(C)=O)cc1)c1ccccc1. The molecule has 0 fully saturated rings. The van der Waals surface area contributed by atoms with Gasteiger partial charge in [-0.3, -0.25) is 9.59 Å². The van der Waals surface area contributed by atoms with Crippen LogP contribution in [0.3, 0.4) is 0 Å². The number of benzene rings is 3. The van der Waals surface area contributed by atoms with E-state index in [0.717, 1.165) is 36.3 Å². The van der Waals surface area contributed by atoms with Crippen molar-refractivity contribution in [3.8, 4) is 0 Å². The predicted molar refractivity (Wildman–Crippen MR) is 149 cm³/mol. The maximum Gasteiger partial charge on any atom is 0.337 e. The summed E-state index contributed by atoms with van der Waals surface area (Å²) in [7, 11) is 3.38. The average molecular weight is 513 g/mol. The molecule has 2 amide bonds. The molecule has 3 aromatic carbocycles. The fourth-order valence-corrected chi connectivity index (χ4v) is 4.39. The van der Waals surface area contributed by atoms with Crippen LogP contribution in [0.15, 0.2) is 72.8 Å². The van der Waals surface area contributed by atoms with E-state index in [1.807, 2.05) is 42.5 Å². The van der Waals surface area contributed by atoms with Gasteiger partial charge in [-0.1, -0.05) is 48.5 Å². The predicted octanol–water partition coefficient (Wildman–Crippen LogP) is 4.36. The average Bonchev–Trinajstić information content (AvgIpc) is 3.25. The summed E-state index contributed by atoms with van der Waals surface area (Å²) in [5, 5.41) is 9.17. The lowest BCUT2D eigenvalue weighted by Gasteiger charge is -2.18. The van der Waals surface area contributed by atoms with E-state index in [4.69, 9.17) is 4.74 Å². The molecule has 196 valence electrons. The molecule has 4 rings (SSSR count). The summed E-state index contributed by atoms with van der Waals surface area (Å²) in [5.41, 5.74) is 5.71. The van der Waals surface area contributed by atoms with Crippen LogP contribution in [0.5, 0.6) is 0 Å². The number of nitrogens with zero attached hydrogens (tertiary/aromatic N) is 1. The van der Waals surface area contributed by atoms with Gasteiger partial charge >= 0.3 is 5.97 Å². The maximum atomic E-state index is 13.2. The highest BCUT2D eigenvalue weighted by molar-refractivity contribution is 6.37. The number of nitrogens with one attached hydrogen (secondary N) is 3. The van der Waals surface area contributed by atoms with Crippen molar-refractivity contribution >= 4 is 40.4 Å². The number of rotatable bonds is 10. The minimum Gasteiger partial charge on any atom is -0.465 e. The summed E-state index contributed by atoms with van der Waals surface area (Å²) in [6.45, 7) is 3.85. The van der Waals surface area contributed by atoms with Gasteiger partial charge in [-0.2, -0.15) is 0 Å². The second kappa shape index (κ2) is 12.2. The van der Waals surface area contributed by atoms with Crippen molar-refractivity contribution in [1.82, 2.24) is 10.2 Å². The third kappa shape index (κ3) is 6.46. The van der Waals surface area contributed by atoms with Crippen LogP contribution in [0.1, 0.15) is 40.4 Å². The highest BCUT2D eigenvalue weighted by Crippen LogP contribution is 2.38. The first-order valence-electron chi connectivity index (χ1n) is 12.5. The number of carbonyl (C=O) groups excluding carboxylic acids is 3. The molecule has 8 nitrogen and oxygen atoms in total. The normalized spacial score (nSPS) is 13.5. The number of carbonyl (C=O) groups is 3. The van der Waals surface area contributed by atoms with E-state index >= 15 is 0 Å². The molecule has 0 bridgehead atoms. The Morgan fingerprint density at radius 1 is 0.974 bits per heavy atom. The number of hydrogen-bond acceptors (Lipinski definition) is 6. The van der Waals surface area contributed by atoms with Gasteiger partial charge in [0.1, 0.15) is 0 Å². The number of esters is 1. The lowest BCUT2D eigenvalue weighted by Crippen LogP contribution is -2.26. The van der Waals surface area contributed by atoms with E-state index in [-0.39, 0.29) is 11.8 Å². The Bertz CT molecular complexity index is 1350. The van der Waals surface area contributed by atoms with Crippen molar-refractivity contribution in [2.24, 2.45) is 0 Å². The van der Waals surface area contributed by atoms with Crippen LogP contribution in [0.2, 0.25) is 0 Å². The van der Waals surface area contributed by atoms with Gasteiger partial charge in [-0.15, -0.1) is 0 Å². The molecule has 0 atom stereocenters. The van der Waals surface area contributed by atoms with Gasteiger partial charge < -0.3 is 25.6 Å². The minimum atomic E-state index is -0.459.